The lowest BCUT2D eigenvalue weighted by Gasteiger charge is -2.18. The van der Waals surface area contributed by atoms with Gasteiger partial charge in [-0.1, -0.05) is 13.8 Å². The Hall–Kier alpha value is -1.85. The summed E-state index contributed by atoms with van der Waals surface area (Å²) in [6.45, 7) is 9.31. The summed E-state index contributed by atoms with van der Waals surface area (Å²) < 4.78 is 0. The molecule has 0 radical (unpaired) electrons. The predicted molar refractivity (Wildman–Crippen MR) is 73.8 cm³/mol. The summed E-state index contributed by atoms with van der Waals surface area (Å²) in [6.07, 6.45) is 1.75. The molecule has 0 saturated heterocycles. The standard InChI is InChI=1S/C12H20N6/c1-5-13-12-16-10(15-8(4)7(2)3)9-6-14-18-11(9)17-12/h6-8H,5H2,1-4H3,(H3,13,14,15,16,17,18). The van der Waals surface area contributed by atoms with E-state index in [1.54, 1.807) is 6.20 Å². The van der Waals surface area contributed by atoms with E-state index in [9.17, 15) is 0 Å². The number of aromatic amines is 1. The van der Waals surface area contributed by atoms with Gasteiger partial charge in [-0.2, -0.15) is 15.1 Å². The second-order valence-corrected chi connectivity index (χ2v) is 4.74. The fraction of sp³-hybridized carbons (Fsp3) is 0.583. The van der Waals surface area contributed by atoms with Crippen LogP contribution in [0.5, 0.6) is 0 Å². The molecular formula is C12H20N6. The average molecular weight is 248 g/mol. The minimum atomic E-state index is 0.340. The van der Waals surface area contributed by atoms with Gasteiger partial charge in [0.15, 0.2) is 5.65 Å². The maximum atomic E-state index is 4.49. The molecule has 0 fully saturated rings. The first-order chi connectivity index (χ1) is 8.61. The summed E-state index contributed by atoms with van der Waals surface area (Å²) in [6, 6.07) is 0.340. The van der Waals surface area contributed by atoms with Gasteiger partial charge in [-0.05, 0) is 19.8 Å². The molecule has 0 spiro atoms. The van der Waals surface area contributed by atoms with Crippen molar-refractivity contribution in [2.75, 3.05) is 17.2 Å². The molecule has 1 atom stereocenters. The normalized spacial score (nSPS) is 12.9. The Morgan fingerprint density at radius 1 is 1.28 bits per heavy atom. The zero-order valence-corrected chi connectivity index (χ0v) is 11.3. The molecule has 0 aliphatic heterocycles. The van der Waals surface area contributed by atoms with Gasteiger partial charge in [-0.25, -0.2) is 0 Å². The summed E-state index contributed by atoms with van der Waals surface area (Å²) in [4.78, 5) is 8.85. The molecule has 0 aliphatic carbocycles. The van der Waals surface area contributed by atoms with Crippen molar-refractivity contribution in [3.63, 3.8) is 0 Å². The fourth-order valence-corrected chi connectivity index (χ4v) is 1.56. The van der Waals surface area contributed by atoms with Gasteiger partial charge in [0.05, 0.1) is 11.6 Å². The van der Waals surface area contributed by atoms with Gasteiger partial charge in [-0.15, -0.1) is 0 Å². The van der Waals surface area contributed by atoms with E-state index in [0.29, 0.717) is 17.9 Å². The zero-order valence-electron chi connectivity index (χ0n) is 11.3. The number of nitrogens with zero attached hydrogens (tertiary/aromatic N) is 3. The van der Waals surface area contributed by atoms with Crippen LogP contribution in [-0.4, -0.2) is 32.8 Å². The predicted octanol–water partition coefficient (Wildman–Crippen LogP) is 2.24. The average Bonchev–Trinajstić information content (AvgIpc) is 2.77. The lowest BCUT2D eigenvalue weighted by Crippen LogP contribution is -2.22. The van der Waals surface area contributed by atoms with Crippen LogP contribution in [-0.2, 0) is 0 Å². The highest BCUT2D eigenvalue weighted by Gasteiger charge is 2.13. The van der Waals surface area contributed by atoms with E-state index in [0.717, 1.165) is 23.4 Å². The van der Waals surface area contributed by atoms with Crippen molar-refractivity contribution in [2.24, 2.45) is 5.92 Å². The SMILES string of the molecule is CCNc1nc(NC(C)C(C)C)c2cn[nH]c2n1. The summed E-state index contributed by atoms with van der Waals surface area (Å²) in [7, 11) is 0. The number of H-pyrrole nitrogens is 1. The number of aromatic nitrogens is 4. The summed E-state index contributed by atoms with van der Waals surface area (Å²) in [5, 5.41) is 14.4. The first-order valence-electron chi connectivity index (χ1n) is 6.33. The molecule has 0 saturated carbocycles. The van der Waals surface area contributed by atoms with Crippen molar-refractivity contribution in [3.05, 3.63) is 6.20 Å². The molecule has 0 aromatic carbocycles. The number of nitrogens with one attached hydrogen (secondary N) is 3. The van der Waals surface area contributed by atoms with Crippen molar-refractivity contribution in [1.29, 1.82) is 0 Å². The van der Waals surface area contributed by atoms with Crippen LogP contribution in [0.2, 0.25) is 0 Å². The molecule has 0 aliphatic rings. The van der Waals surface area contributed by atoms with E-state index in [1.165, 1.54) is 0 Å². The molecule has 18 heavy (non-hydrogen) atoms. The Kier molecular flexibility index (Phi) is 3.64. The van der Waals surface area contributed by atoms with E-state index in [1.807, 2.05) is 6.92 Å². The maximum absolute atomic E-state index is 4.49. The number of hydrogen-bond donors (Lipinski definition) is 3. The van der Waals surface area contributed by atoms with Gasteiger partial charge in [0.2, 0.25) is 5.95 Å². The molecule has 1 unspecified atom stereocenters. The number of hydrogen-bond acceptors (Lipinski definition) is 5. The molecule has 3 N–H and O–H groups in total. The molecule has 2 rings (SSSR count). The monoisotopic (exact) mass is 248 g/mol. The fourth-order valence-electron chi connectivity index (χ4n) is 1.56. The van der Waals surface area contributed by atoms with Gasteiger partial charge >= 0.3 is 0 Å². The third-order valence-corrected chi connectivity index (χ3v) is 3.01. The van der Waals surface area contributed by atoms with Crippen molar-refractivity contribution in [3.8, 4) is 0 Å². The first kappa shape index (κ1) is 12.6. The number of rotatable bonds is 5. The van der Waals surface area contributed by atoms with Gasteiger partial charge in [-0.3, -0.25) is 5.10 Å². The van der Waals surface area contributed by atoms with E-state index in [-0.39, 0.29) is 0 Å². The van der Waals surface area contributed by atoms with Crippen LogP contribution in [0.1, 0.15) is 27.7 Å². The van der Waals surface area contributed by atoms with Crippen LogP contribution in [0.3, 0.4) is 0 Å². The highest BCUT2D eigenvalue weighted by molar-refractivity contribution is 5.87. The number of anilines is 2. The second kappa shape index (κ2) is 5.20. The van der Waals surface area contributed by atoms with Crippen LogP contribution in [0.15, 0.2) is 6.20 Å². The molecule has 98 valence electrons. The van der Waals surface area contributed by atoms with Crippen molar-refractivity contribution >= 4 is 22.8 Å². The minimum Gasteiger partial charge on any atom is -0.367 e. The van der Waals surface area contributed by atoms with Crippen molar-refractivity contribution < 1.29 is 0 Å². The third-order valence-electron chi connectivity index (χ3n) is 3.01. The molecule has 2 aromatic heterocycles. The molecule has 6 heteroatoms. The molecule has 2 aromatic rings. The molecule has 6 nitrogen and oxygen atoms in total. The van der Waals surface area contributed by atoms with Crippen LogP contribution in [0.4, 0.5) is 11.8 Å². The highest BCUT2D eigenvalue weighted by atomic mass is 15.2. The van der Waals surface area contributed by atoms with E-state index >= 15 is 0 Å². The first-order valence-corrected chi connectivity index (χ1v) is 6.33. The summed E-state index contributed by atoms with van der Waals surface area (Å²) in [5.41, 5.74) is 0.749. The van der Waals surface area contributed by atoms with Crippen molar-refractivity contribution in [2.45, 2.75) is 33.7 Å². The quantitative estimate of drug-likeness (QED) is 0.756. The molecule has 2 heterocycles. The van der Waals surface area contributed by atoms with Crippen LogP contribution >= 0.6 is 0 Å². The van der Waals surface area contributed by atoms with Crippen molar-refractivity contribution in [1.82, 2.24) is 20.2 Å². The Morgan fingerprint density at radius 3 is 2.72 bits per heavy atom. The highest BCUT2D eigenvalue weighted by Crippen LogP contribution is 2.21. The maximum Gasteiger partial charge on any atom is 0.226 e. The molecular weight excluding hydrogens is 228 g/mol. The van der Waals surface area contributed by atoms with Gasteiger partial charge < -0.3 is 10.6 Å². The van der Waals surface area contributed by atoms with E-state index < -0.39 is 0 Å². The number of fused-ring (bicyclic) bond motifs is 1. The van der Waals surface area contributed by atoms with Gasteiger partial charge in [0.25, 0.3) is 0 Å². The Balaban J connectivity index is 2.37. The summed E-state index contributed by atoms with van der Waals surface area (Å²) in [5.74, 6) is 1.98. The van der Waals surface area contributed by atoms with E-state index in [4.69, 9.17) is 0 Å². The largest absolute Gasteiger partial charge is 0.367 e. The van der Waals surface area contributed by atoms with Crippen LogP contribution in [0.25, 0.3) is 11.0 Å². The third kappa shape index (κ3) is 2.52. The van der Waals surface area contributed by atoms with Crippen LogP contribution in [0, 0.1) is 5.92 Å². The minimum absolute atomic E-state index is 0.340. The Labute approximate surface area is 107 Å². The van der Waals surface area contributed by atoms with Crippen LogP contribution < -0.4 is 10.6 Å². The Morgan fingerprint density at radius 2 is 2.06 bits per heavy atom. The lowest BCUT2D eigenvalue weighted by atomic mass is 10.1. The molecule has 0 bridgehead atoms. The van der Waals surface area contributed by atoms with Gasteiger partial charge in [0.1, 0.15) is 5.82 Å². The Bertz CT molecular complexity index is 518. The summed E-state index contributed by atoms with van der Waals surface area (Å²) >= 11 is 0. The lowest BCUT2D eigenvalue weighted by molar-refractivity contribution is 0.559. The second-order valence-electron chi connectivity index (χ2n) is 4.74. The van der Waals surface area contributed by atoms with Gasteiger partial charge in [0, 0.05) is 12.6 Å². The molecule has 0 amide bonds. The topological polar surface area (TPSA) is 78.5 Å². The van der Waals surface area contributed by atoms with E-state index in [2.05, 4.69) is 51.6 Å². The zero-order chi connectivity index (χ0) is 13.1. The smallest absolute Gasteiger partial charge is 0.226 e.